The zero-order valence-corrected chi connectivity index (χ0v) is 34.8. The molecule has 1 amide bonds. The number of allylic oxidation sites excluding steroid dienone is 3. The smallest absolute Gasteiger partial charge is 0.329 e. The molecule has 0 aromatic heterocycles. The van der Waals surface area contributed by atoms with Gasteiger partial charge < -0.3 is 39.2 Å². The maximum absolute atomic E-state index is 14.3. The summed E-state index contributed by atoms with van der Waals surface area (Å²) in [4.78, 5) is 57.5. The van der Waals surface area contributed by atoms with Crippen molar-refractivity contribution < 1.29 is 53.4 Å². The third-order valence-corrected chi connectivity index (χ3v) is 13.0. The SMILES string of the molecule is CC[C@@H]1/C=C(\C)C[C@H](C)C[C@H](OC)[C@@H]2CC[C@@H](C)[C@@](O)(O2)C(=O)C(=O)N2CCCCC2C(=O)O[C@H](/C(C)=C/[C@@]2(C)CC[C@@H](O)[C@H](OC)C2)[C@H](C)[C@@H](O)CC1=O. The summed E-state index contributed by atoms with van der Waals surface area (Å²) in [7, 11) is 3.14. The van der Waals surface area contributed by atoms with Gasteiger partial charge in [-0.05, 0) is 101 Å². The summed E-state index contributed by atoms with van der Waals surface area (Å²) in [5, 5.41) is 34.1. The highest BCUT2D eigenvalue weighted by molar-refractivity contribution is 6.39. The Bertz CT molecular complexity index is 1430. The van der Waals surface area contributed by atoms with E-state index in [4.69, 9.17) is 18.9 Å². The number of hydrogen-bond acceptors (Lipinski definition) is 11. The highest BCUT2D eigenvalue weighted by Gasteiger charge is 2.54. The number of aliphatic hydroxyl groups excluding tert-OH is 2. The van der Waals surface area contributed by atoms with Crippen molar-refractivity contribution in [1.29, 1.82) is 0 Å². The Kier molecular flexibility index (Phi) is 15.9. The summed E-state index contributed by atoms with van der Waals surface area (Å²) in [5.74, 6) is -7.06. The Morgan fingerprint density at radius 2 is 1.67 bits per heavy atom. The van der Waals surface area contributed by atoms with E-state index in [2.05, 4.69) is 13.8 Å². The molecule has 3 aliphatic heterocycles. The van der Waals surface area contributed by atoms with Crippen LogP contribution < -0.4 is 0 Å². The number of ether oxygens (including phenoxy) is 4. The van der Waals surface area contributed by atoms with Gasteiger partial charge in [-0.1, -0.05) is 52.3 Å². The molecule has 12 heteroatoms. The van der Waals surface area contributed by atoms with E-state index in [0.717, 1.165) is 5.57 Å². The van der Waals surface area contributed by atoms with Crippen molar-refractivity contribution in [1.82, 2.24) is 4.90 Å². The number of Topliss-reactive ketones (excluding diaryl/α,β-unsaturated/α-hetero) is 2. The number of cyclic esters (lactones) is 1. The Balaban J connectivity index is 1.76. The number of carbonyl (C=O) groups is 4. The predicted molar refractivity (Wildman–Crippen MR) is 207 cm³/mol. The maximum atomic E-state index is 14.3. The minimum absolute atomic E-state index is 0.100. The first-order valence-electron chi connectivity index (χ1n) is 20.6. The van der Waals surface area contributed by atoms with E-state index >= 15 is 0 Å². The van der Waals surface area contributed by atoms with Gasteiger partial charge in [0.2, 0.25) is 5.79 Å². The minimum atomic E-state index is -2.40. The third kappa shape index (κ3) is 10.7. The molecule has 2 bridgehead atoms. The molecule has 2 saturated heterocycles. The molecule has 3 N–H and O–H groups in total. The summed E-state index contributed by atoms with van der Waals surface area (Å²) < 4.78 is 23.9. The fourth-order valence-electron chi connectivity index (χ4n) is 9.47. The molecule has 4 aliphatic rings. The second-order valence-electron chi connectivity index (χ2n) is 17.6. The first kappa shape index (κ1) is 45.2. The number of esters is 1. The summed E-state index contributed by atoms with van der Waals surface area (Å²) >= 11 is 0. The summed E-state index contributed by atoms with van der Waals surface area (Å²) in [6.07, 6.45) is 5.51. The van der Waals surface area contributed by atoms with Gasteiger partial charge in [-0.3, -0.25) is 14.4 Å². The molecule has 12 nitrogen and oxygen atoms in total. The number of methoxy groups -OCH3 is 2. The molecule has 3 fully saturated rings. The maximum Gasteiger partial charge on any atom is 0.329 e. The zero-order chi connectivity index (χ0) is 40.8. The van der Waals surface area contributed by atoms with E-state index in [9.17, 15) is 34.5 Å². The van der Waals surface area contributed by atoms with Crippen LogP contribution in [0.5, 0.6) is 0 Å². The zero-order valence-electron chi connectivity index (χ0n) is 34.8. The first-order chi connectivity index (χ1) is 25.9. The predicted octanol–water partition coefficient (Wildman–Crippen LogP) is 5.24. The molecule has 55 heavy (non-hydrogen) atoms. The van der Waals surface area contributed by atoms with Crippen LogP contribution in [0.3, 0.4) is 0 Å². The largest absolute Gasteiger partial charge is 0.456 e. The van der Waals surface area contributed by atoms with Crippen molar-refractivity contribution >= 4 is 23.4 Å². The van der Waals surface area contributed by atoms with Crippen molar-refractivity contribution in [2.75, 3.05) is 20.8 Å². The molecular formula is C43H69NO11. The van der Waals surface area contributed by atoms with E-state index in [1.54, 1.807) is 28.1 Å². The monoisotopic (exact) mass is 775 g/mol. The molecule has 13 atom stereocenters. The molecule has 1 unspecified atom stereocenters. The molecule has 1 saturated carbocycles. The lowest BCUT2D eigenvalue weighted by Crippen LogP contribution is -2.61. The van der Waals surface area contributed by atoms with Gasteiger partial charge in [-0.15, -0.1) is 0 Å². The van der Waals surface area contributed by atoms with Gasteiger partial charge in [-0.25, -0.2) is 4.79 Å². The van der Waals surface area contributed by atoms with Crippen LogP contribution in [-0.2, 0) is 38.1 Å². The highest BCUT2D eigenvalue weighted by atomic mass is 16.7. The van der Waals surface area contributed by atoms with Crippen LogP contribution in [0.2, 0.25) is 0 Å². The van der Waals surface area contributed by atoms with Gasteiger partial charge in [0, 0.05) is 44.9 Å². The molecule has 0 spiro atoms. The number of hydrogen-bond donors (Lipinski definition) is 3. The van der Waals surface area contributed by atoms with Gasteiger partial charge in [0.25, 0.3) is 11.7 Å². The Labute approximate surface area is 328 Å². The number of ketones is 2. The molecule has 0 radical (unpaired) electrons. The molecule has 1 aliphatic carbocycles. The fraction of sp³-hybridized carbons (Fsp3) is 0.814. The van der Waals surface area contributed by atoms with E-state index in [1.165, 1.54) is 4.90 Å². The Morgan fingerprint density at radius 3 is 2.33 bits per heavy atom. The second-order valence-corrected chi connectivity index (χ2v) is 17.6. The van der Waals surface area contributed by atoms with Crippen molar-refractivity contribution in [2.45, 2.75) is 174 Å². The van der Waals surface area contributed by atoms with Crippen molar-refractivity contribution in [3.05, 3.63) is 23.3 Å². The van der Waals surface area contributed by atoms with Crippen molar-refractivity contribution in [3.8, 4) is 0 Å². The summed E-state index contributed by atoms with van der Waals surface area (Å²) in [5.41, 5.74) is 1.27. The minimum Gasteiger partial charge on any atom is -0.456 e. The number of piperidine rings is 1. The third-order valence-electron chi connectivity index (χ3n) is 13.0. The second kappa shape index (κ2) is 19.3. The molecule has 312 valence electrons. The van der Waals surface area contributed by atoms with E-state index < -0.39 is 83.2 Å². The van der Waals surface area contributed by atoms with E-state index in [1.807, 2.05) is 32.9 Å². The molecule has 3 heterocycles. The molecule has 0 aromatic carbocycles. The number of carbonyl (C=O) groups excluding carboxylic acids is 4. The van der Waals surface area contributed by atoms with Crippen molar-refractivity contribution in [3.63, 3.8) is 0 Å². The molecular weight excluding hydrogens is 706 g/mol. The number of aliphatic hydroxyl groups is 3. The van der Waals surface area contributed by atoms with Crippen LogP contribution in [0.15, 0.2) is 23.3 Å². The number of fused-ring (bicyclic) bond motifs is 3. The lowest BCUT2D eigenvalue weighted by atomic mass is 9.71. The average Bonchev–Trinajstić information content (AvgIpc) is 3.15. The standard InChI is InChI=1S/C43H69NO11/c1-10-30-20-25(2)19-26(3)21-36(52-8)35-15-14-28(5)43(51,55-35)39(48)40(49)44-18-12-11-13-31(44)41(50)54-38(29(6)33(46)22-34(30)47)27(4)23-42(7)17-16-32(45)37(24-42)53-9/h20,23,26,28-33,35-38,45-46,51H,10-19,21-22,24H2,1-9H3/b25-20+,27-23+/t26-,28+,29+,30+,31?,32+,33-,35-,36-,37+,38+,42+,43+/m0/s1. The molecule has 0 aromatic rings. The summed E-state index contributed by atoms with van der Waals surface area (Å²) in [6, 6.07) is -1.11. The van der Waals surface area contributed by atoms with Gasteiger partial charge >= 0.3 is 5.97 Å². The number of nitrogens with zero attached hydrogens (tertiary/aromatic N) is 1. The average molecular weight is 776 g/mol. The van der Waals surface area contributed by atoms with Crippen molar-refractivity contribution in [2.24, 2.45) is 29.1 Å². The lowest BCUT2D eigenvalue weighted by molar-refractivity contribution is -0.278. The summed E-state index contributed by atoms with van der Waals surface area (Å²) in [6.45, 7) is 13.5. The Hall–Kier alpha value is -2.48. The van der Waals surface area contributed by atoms with Crippen LogP contribution >= 0.6 is 0 Å². The van der Waals surface area contributed by atoms with Crippen LogP contribution in [0.1, 0.15) is 126 Å². The normalized spacial score (nSPS) is 42.1. The van der Waals surface area contributed by atoms with Gasteiger partial charge in [0.15, 0.2) is 0 Å². The number of rotatable bonds is 5. The van der Waals surface area contributed by atoms with Crippen LogP contribution in [0, 0.1) is 29.1 Å². The fourth-order valence-corrected chi connectivity index (χ4v) is 9.47. The van der Waals surface area contributed by atoms with Crippen LogP contribution in [0.25, 0.3) is 0 Å². The van der Waals surface area contributed by atoms with Gasteiger partial charge in [-0.2, -0.15) is 0 Å². The highest BCUT2D eigenvalue weighted by Crippen LogP contribution is 2.41. The first-order valence-corrected chi connectivity index (χ1v) is 20.6. The lowest BCUT2D eigenvalue weighted by Gasteiger charge is -2.44. The van der Waals surface area contributed by atoms with Gasteiger partial charge in [0.1, 0.15) is 17.9 Å². The van der Waals surface area contributed by atoms with Crippen LogP contribution in [0.4, 0.5) is 0 Å². The van der Waals surface area contributed by atoms with E-state index in [0.29, 0.717) is 69.8 Å². The van der Waals surface area contributed by atoms with Gasteiger partial charge in [0.05, 0.1) is 30.5 Å². The quantitative estimate of drug-likeness (QED) is 0.190. The Morgan fingerprint density at radius 1 is 0.982 bits per heavy atom. The van der Waals surface area contributed by atoms with E-state index in [-0.39, 0.29) is 37.2 Å². The number of amides is 1. The van der Waals surface area contributed by atoms with Crippen LogP contribution in [-0.4, -0.2) is 113 Å². The molecule has 4 rings (SSSR count). The topological polar surface area (TPSA) is 169 Å².